The summed E-state index contributed by atoms with van der Waals surface area (Å²) in [5.41, 5.74) is 1.06. The Kier molecular flexibility index (Phi) is 4.74. The van der Waals surface area contributed by atoms with Crippen molar-refractivity contribution in [3.63, 3.8) is 0 Å². The standard InChI is InChI=1S/C13H19NO3S/c1-16-11-4-3-6-14(9-11)8-10-5-7-18-12(10)13(15)17-2/h5,7,11H,3-4,6,8-9H2,1-2H3. The molecular weight excluding hydrogens is 250 g/mol. The lowest BCUT2D eigenvalue weighted by Gasteiger charge is -2.31. The Labute approximate surface area is 111 Å². The zero-order valence-electron chi connectivity index (χ0n) is 10.8. The molecule has 0 spiro atoms. The van der Waals surface area contributed by atoms with Gasteiger partial charge in [-0.15, -0.1) is 11.3 Å². The van der Waals surface area contributed by atoms with E-state index in [9.17, 15) is 4.79 Å². The molecule has 0 radical (unpaired) electrons. The molecule has 0 saturated carbocycles. The number of carbonyl (C=O) groups is 1. The van der Waals surface area contributed by atoms with Crippen molar-refractivity contribution in [1.82, 2.24) is 4.90 Å². The van der Waals surface area contributed by atoms with Gasteiger partial charge in [-0.05, 0) is 36.4 Å². The number of likely N-dealkylation sites (tertiary alicyclic amines) is 1. The van der Waals surface area contributed by atoms with E-state index in [1.807, 2.05) is 11.4 Å². The highest BCUT2D eigenvalue weighted by Gasteiger charge is 2.22. The monoisotopic (exact) mass is 269 g/mol. The molecule has 4 nitrogen and oxygen atoms in total. The maximum absolute atomic E-state index is 11.6. The number of hydrogen-bond donors (Lipinski definition) is 0. The van der Waals surface area contributed by atoms with E-state index < -0.39 is 0 Å². The first-order valence-electron chi connectivity index (χ1n) is 6.14. The average molecular weight is 269 g/mol. The number of rotatable bonds is 4. The van der Waals surface area contributed by atoms with E-state index in [-0.39, 0.29) is 5.97 Å². The highest BCUT2D eigenvalue weighted by atomic mass is 32.1. The van der Waals surface area contributed by atoms with Crippen LogP contribution in [0.3, 0.4) is 0 Å². The van der Waals surface area contributed by atoms with Crippen LogP contribution in [-0.4, -0.2) is 44.3 Å². The molecule has 18 heavy (non-hydrogen) atoms. The number of hydrogen-bond acceptors (Lipinski definition) is 5. The van der Waals surface area contributed by atoms with Gasteiger partial charge in [0.2, 0.25) is 0 Å². The Morgan fingerprint density at radius 3 is 3.11 bits per heavy atom. The van der Waals surface area contributed by atoms with Crippen molar-refractivity contribution in [1.29, 1.82) is 0 Å². The lowest BCUT2D eigenvalue weighted by molar-refractivity contribution is 0.0284. The quantitative estimate of drug-likeness (QED) is 0.785. The molecule has 1 saturated heterocycles. The lowest BCUT2D eigenvalue weighted by Crippen LogP contribution is -2.38. The van der Waals surface area contributed by atoms with Crippen LogP contribution in [0.1, 0.15) is 28.1 Å². The number of ether oxygens (including phenoxy) is 2. The minimum absolute atomic E-state index is 0.236. The molecular formula is C13H19NO3S. The minimum atomic E-state index is -0.236. The number of thiophene rings is 1. The second-order valence-electron chi connectivity index (χ2n) is 4.50. The van der Waals surface area contributed by atoms with Gasteiger partial charge in [0.1, 0.15) is 4.88 Å². The Bertz CT molecular complexity index is 405. The third-order valence-corrected chi connectivity index (χ3v) is 4.24. The molecule has 1 aromatic rings. The molecule has 0 bridgehead atoms. The molecule has 1 aromatic heterocycles. The van der Waals surface area contributed by atoms with E-state index in [2.05, 4.69) is 4.90 Å². The van der Waals surface area contributed by atoms with Crippen LogP contribution in [0.15, 0.2) is 11.4 Å². The summed E-state index contributed by atoms with van der Waals surface area (Å²) in [4.78, 5) is 14.7. The smallest absolute Gasteiger partial charge is 0.348 e. The van der Waals surface area contributed by atoms with Gasteiger partial charge < -0.3 is 9.47 Å². The molecule has 5 heteroatoms. The van der Waals surface area contributed by atoms with Gasteiger partial charge in [0.05, 0.1) is 13.2 Å². The largest absolute Gasteiger partial charge is 0.465 e. The number of esters is 1. The molecule has 2 rings (SSSR count). The summed E-state index contributed by atoms with van der Waals surface area (Å²) >= 11 is 1.44. The van der Waals surface area contributed by atoms with Gasteiger partial charge in [-0.25, -0.2) is 4.79 Å². The van der Waals surface area contributed by atoms with Gasteiger partial charge >= 0.3 is 5.97 Å². The minimum Gasteiger partial charge on any atom is -0.465 e. The summed E-state index contributed by atoms with van der Waals surface area (Å²) in [5, 5.41) is 1.94. The van der Waals surface area contributed by atoms with Gasteiger partial charge in [-0.1, -0.05) is 0 Å². The summed E-state index contributed by atoms with van der Waals surface area (Å²) < 4.78 is 10.2. The van der Waals surface area contributed by atoms with Crippen molar-refractivity contribution >= 4 is 17.3 Å². The fourth-order valence-corrected chi connectivity index (χ4v) is 3.15. The van der Waals surface area contributed by atoms with Gasteiger partial charge in [0.25, 0.3) is 0 Å². The molecule has 2 heterocycles. The third-order valence-electron chi connectivity index (χ3n) is 3.31. The maximum Gasteiger partial charge on any atom is 0.348 e. The molecule has 1 unspecified atom stereocenters. The highest BCUT2D eigenvalue weighted by Crippen LogP contribution is 2.22. The third kappa shape index (κ3) is 3.10. The van der Waals surface area contributed by atoms with Crippen LogP contribution in [0, 0.1) is 0 Å². The maximum atomic E-state index is 11.6. The number of piperidine rings is 1. The van der Waals surface area contributed by atoms with Crippen molar-refractivity contribution in [2.45, 2.75) is 25.5 Å². The Balaban J connectivity index is 2.00. The summed E-state index contributed by atoms with van der Waals surface area (Å²) in [6.07, 6.45) is 2.59. The Morgan fingerprint density at radius 1 is 1.56 bits per heavy atom. The van der Waals surface area contributed by atoms with Gasteiger partial charge in [-0.3, -0.25) is 4.90 Å². The van der Waals surface area contributed by atoms with Crippen molar-refractivity contribution in [3.8, 4) is 0 Å². The second kappa shape index (κ2) is 6.31. The summed E-state index contributed by atoms with van der Waals surface area (Å²) in [7, 11) is 3.19. The topological polar surface area (TPSA) is 38.8 Å². The molecule has 1 aliphatic heterocycles. The van der Waals surface area contributed by atoms with Crippen molar-refractivity contribution in [2.75, 3.05) is 27.3 Å². The van der Waals surface area contributed by atoms with Crippen molar-refractivity contribution in [2.24, 2.45) is 0 Å². The lowest BCUT2D eigenvalue weighted by atomic mass is 10.1. The van der Waals surface area contributed by atoms with Gasteiger partial charge in [-0.2, -0.15) is 0 Å². The zero-order valence-corrected chi connectivity index (χ0v) is 11.7. The van der Waals surface area contributed by atoms with Gasteiger partial charge in [0, 0.05) is 20.2 Å². The fourth-order valence-electron chi connectivity index (χ4n) is 2.32. The number of nitrogens with zero attached hydrogens (tertiary/aromatic N) is 1. The molecule has 100 valence electrons. The van der Waals surface area contributed by atoms with E-state index in [0.29, 0.717) is 6.10 Å². The summed E-state index contributed by atoms with van der Waals surface area (Å²) in [6.45, 7) is 2.80. The Hall–Kier alpha value is -0.910. The summed E-state index contributed by atoms with van der Waals surface area (Å²) in [5.74, 6) is -0.236. The van der Waals surface area contributed by atoms with E-state index in [4.69, 9.17) is 9.47 Å². The molecule has 0 N–H and O–H groups in total. The van der Waals surface area contributed by atoms with Crippen molar-refractivity contribution < 1.29 is 14.3 Å². The number of methoxy groups -OCH3 is 2. The molecule has 0 aliphatic carbocycles. The normalized spacial score (nSPS) is 20.9. The SMILES string of the molecule is COC(=O)c1sccc1CN1CCCC(OC)C1. The molecule has 1 fully saturated rings. The molecule has 1 aliphatic rings. The van der Waals surface area contributed by atoms with E-state index >= 15 is 0 Å². The van der Waals surface area contributed by atoms with Crippen molar-refractivity contribution in [3.05, 3.63) is 21.9 Å². The molecule has 0 amide bonds. The zero-order chi connectivity index (χ0) is 13.0. The van der Waals surface area contributed by atoms with Crippen LogP contribution in [0.25, 0.3) is 0 Å². The van der Waals surface area contributed by atoms with E-state index in [0.717, 1.165) is 42.9 Å². The first kappa shape index (κ1) is 13.5. The predicted octanol–water partition coefficient (Wildman–Crippen LogP) is 2.15. The summed E-state index contributed by atoms with van der Waals surface area (Å²) in [6, 6.07) is 2.01. The van der Waals surface area contributed by atoms with Crippen LogP contribution >= 0.6 is 11.3 Å². The van der Waals surface area contributed by atoms with E-state index in [1.165, 1.54) is 18.4 Å². The van der Waals surface area contributed by atoms with Crippen LogP contribution in [-0.2, 0) is 16.0 Å². The van der Waals surface area contributed by atoms with Crippen LogP contribution < -0.4 is 0 Å². The first-order chi connectivity index (χ1) is 8.74. The van der Waals surface area contributed by atoms with Gasteiger partial charge in [0.15, 0.2) is 0 Å². The highest BCUT2D eigenvalue weighted by molar-refractivity contribution is 7.12. The molecule has 0 aromatic carbocycles. The number of carbonyl (C=O) groups excluding carboxylic acids is 1. The van der Waals surface area contributed by atoms with Crippen LogP contribution in [0.4, 0.5) is 0 Å². The Morgan fingerprint density at radius 2 is 2.39 bits per heavy atom. The first-order valence-corrected chi connectivity index (χ1v) is 7.02. The predicted molar refractivity (Wildman–Crippen MR) is 71.0 cm³/mol. The fraction of sp³-hybridized carbons (Fsp3) is 0.615. The van der Waals surface area contributed by atoms with E-state index in [1.54, 1.807) is 7.11 Å². The molecule has 1 atom stereocenters. The van der Waals surface area contributed by atoms with Crippen LogP contribution in [0.5, 0.6) is 0 Å². The average Bonchev–Trinajstić information content (AvgIpc) is 2.86. The van der Waals surface area contributed by atoms with Crippen LogP contribution in [0.2, 0.25) is 0 Å². The second-order valence-corrected chi connectivity index (χ2v) is 5.42.